The smallest absolute Gasteiger partial charge is 0.289 e. The second-order valence-electron chi connectivity index (χ2n) is 7.49. The SMILES string of the molecule is CCCCCCCCCCC(OC#N)(OCC)C(CC)(CCCC)OCC. The van der Waals surface area contributed by atoms with Crippen LogP contribution in [0.5, 0.6) is 0 Å². The van der Waals surface area contributed by atoms with Crippen molar-refractivity contribution in [3.8, 4) is 6.26 Å². The van der Waals surface area contributed by atoms with Crippen LogP contribution in [0.1, 0.15) is 118 Å². The summed E-state index contributed by atoms with van der Waals surface area (Å²) in [6.45, 7) is 11.6. The van der Waals surface area contributed by atoms with Gasteiger partial charge in [-0.3, -0.25) is 0 Å². The second kappa shape index (κ2) is 16.2. The van der Waals surface area contributed by atoms with Crippen molar-refractivity contribution in [2.45, 2.75) is 129 Å². The van der Waals surface area contributed by atoms with Crippen LogP contribution in [0.4, 0.5) is 0 Å². The van der Waals surface area contributed by atoms with Gasteiger partial charge in [0, 0.05) is 19.6 Å². The predicted molar refractivity (Wildman–Crippen MR) is 112 cm³/mol. The summed E-state index contributed by atoms with van der Waals surface area (Å²) in [5.74, 6) is -0.974. The predicted octanol–water partition coefficient (Wildman–Crippen LogP) is 7.12. The number of unbranched alkanes of at least 4 members (excludes halogenated alkanes) is 8. The lowest BCUT2D eigenvalue weighted by molar-refractivity contribution is -0.315. The Bertz CT molecular complexity index is 382. The first-order valence-corrected chi connectivity index (χ1v) is 11.5. The highest BCUT2D eigenvalue weighted by atomic mass is 16.7. The van der Waals surface area contributed by atoms with Gasteiger partial charge in [0.1, 0.15) is 5.60 Å². The average Bonchev–Trinajstić information content (AvgIpc) is 2.67. The standard InChI is InChI=1S/C23H45NO3/c1-6-11-13-14-15-16-17-18-20-23(26-10-5,27-21-24)22(8-3,25-9-4)19-12-7-2/h6-20H2,1-5H3. The zero-order chi connectivity index (χ0) is 20.4. The molecule has 0 bridgehead atoms. The fourth-order valence-electron chi connectivity index (χ4n) is 4.06. The van der Waals surface area contributed by atoms with Gasteiger partial charge < -0.3 is 14.2 Å². The van der Waals surface area contributed by atoms with Crippen molar-refractivity contribution < 1.29 is 14.2 Å². The van der Waals surface area contributed by atoms with Crippen LogP contribution < -0.4 is 0 Å². The molecule has 0 rings (SSSR count). The van der Waals surface area contributed by atoms with Gasteiger partial charge >= 0.3 is 0 Å². The van der Waals surface area contributed by atoms with Gasteiger partial charge in [0.15, 0.2) is 0 Å². The Labute approximate surface area is 169 Å². The van der Waals surface area contributed by atoms with E-state index in [-0.39, 0.29) is 0 Å². The van der Waals surface area contributed by atoms with E-state index in [4.69, 9.17) is 14.2 Å². The van der Waals surface area contributed by atoms with Crippen LogP contribution in [0.15, 0.2) is 0 Å². The fraction of sp³-hybridized carbons (Fsp3) is 0.957. The Kier molecular flexibility index (Phi) is 15.7. The van der Waals surface area contributed by atoms with E-state index >= 15 is 0 Å². The summed E-state index contributed by atoms with van der Waals surface area (Å²) in [5.41, 5.74) is -0.565. The van der Waals surface area contributed by atoms with Crippen LogP contribution in [-0.2, 0) is 14.2 Å². The highest BCUT2D eigenvalue weighted by molar-refractivity contribution is 4.97. The number of rotatable bonds is 19. The van der Waals surface area contributed by atoms with Gasteiger partial charge in [-0.15, -0.1) is 0 Å². The molecule has 0 aromatic carbocycles. The molecule has 0 N–H and O–H groups in total. The van der Waals surface area contributed by atoms with E-state index < -0.39 is 11.4 Å². The third-order valence-corrected chi connectivity index (χ3v) is 5.57. The molecule has 0 amide bonds. The largest absolute Gasteiger partial charge is 0.389 e. The maximum atomic E-state index is 9.40. The number of ether oxygens (including phenoxy) is 3. The molecule has 2 unspecified atom stereocenters. The molecular weight excluding hydrogens is 338 g/mol. The normalized spacial score (nSPS) is 15.7. The number of hydrogen-bond donors (Lipinski definition) is 0. The summed E-state index contributed by atoms with van der Waals surface area (Å²) in [6, 6.07) is 0. The van der Waals surface area contributed by atoms with Crippen molar-refractivity contribution in [1.29, 1.82) is 5.26 Å². The monoisotopic (exact) mass is 383 g/mol. The van der Waals surface area contributed by atoms with E-state index in [0.29, 0.717) is 19.6 Å². The van der Waals surface area contributed by atoms with Gasteiger partial charge in [0.05, 0.1) is 0 Å². The Hall–Kier alpha value is -0.790. The molecule has 0 aliphatic heterocycles. The third kappa shape index (κ3) is 8.83. The van der Waals surface area contributed by atoms with Gasteiger partial charge in [-0.1, -0.05) is 78.6 Å². The van der Waals surface area contributed by atoms with Gasteiger partial charge in [-0.05, 0) is 33.1 Å². The first kappa shape index (κ1) is 26.2. The molecule has 2 atom stereocenters. The zero-order valence-corrected chi connectivity index (χ0v) is 18.8. The lowest BCUT2D eigenvalue weighted by atomic mass is 9.81. The van der Waals surface area contributed by atoms with E-state index in [1.54, 1.807) is 0 Å². The minimum Gasteiger partial charge on any atom is -0.389 e. The Balaban J connectivity index is 5.06. The van der Waals surface area contributed by atoms with Gasteiger partial charge in [0.2, 0.25) is 0 Å². The summed E-state index contributed by atoms with van der Waals surface area (Å²) >= 11 is 0. The van der Waals surface area contributed by atoms with E-state index in [2.05, 4.69) is 20.8 Å². The molecule has 4 heteroatoms. The fourth-order valence-corrected chi connectivity index (χ4v) is 4.06. The van der Waals surface area contributed by atoms with Crippen LogP contribution in [0.3, 0.4) is 0 Å². The van der Waals surface area contributed by atoms with Crippen molar-refractivity contribution in [1.82, 2.24) is 0 Å². The minimum atomic E-state index is -0.974. The molecule has 0 aromatic rings. The number of hydrogen-bond acceptors (Lipinski definition) is 4. The van der Waals surface area contributed by atoms with Crippen molar-refractivity contribution in [2.24, 2.45) is 0 Å². The molecule has 0 heterocycles. The van der Waals surface area contributed by atoms with Crippen LogP contribution >= 0.6 is 0 Å². The Morgan fingerprint density at radius 1 is 0.667 bits per heavy atom. The van der Waals surface area contributed by atoms with Crippen LogP contribution in [0.25, 0.3) is 0 Å². The molecule has 160 valence electrons. The van der Waals surface area contributed by atoms with Crippen molar-refractivity contribution in [3.05, 3.63) is 0 Å². The molecule has 0 fully saturated rings. The Morgan fingerprint density at radius 2 is 1.22 bits per heavy atom. The molecule has 4 nitrogen and oxygen atoms in total. The maximum Gasteiger partial charge on any atom is 0.289 e. The van der Waals surface area contributed by atoms with Crippen molar-refractivity contribution >= 4 is 0 Å². The highest BCUT2D eigenvalue weighted by Crippen LogP contribution is 2.42. The molecule has 0 aromatic heterocycles. The molecular formula is C23H45NO3. The third-order valence-electron chi connectivity index (χ3n) is 5.57. The van der Waals surface area contributed by atoms with Gasteiger partial charge in [-0.25, -0.2) is 0 Å². The van der Waals surface area contributed by atoms with Crippen LogP contribution in [-0.4, -0.2) is 24.6 Å². The highest BCUT2D eigenvalue weighted by Gasteiger charge is 2.54. The molecule has 0 spiro atoms. The number of nitrogens with zero attached hydrogens (tertiary/aromatic N) is 1. The summed E-state index contributed by atoms with van der Waals surface area (Å²) in [4.78, 5) is 0. The Morgan fingerprint density at radius 3 is 1.70 bits per heavy atom. The second-order valence-corrected chi connectivity index (χ2v) is 7.49. The van der Waals surface area contributed by atoms with Crippen LogP contribution in [0, 0.1) is 11.5 Å². The summed E-state index contributed by atoms with van der Waals surface area (Å²) in [6.07, 6.45) is 16.4. The molecule has 0 radical (unpaired) electrons. The first-order valence-electron chi connectivity index (χ1n) is 11.5. The minimum absolute atomic E-state index is 0.514. The molecule has 0 aliphatic rings. The van der Waals surface area contributed by atoms with Gasteiger partial charge in [0.25, 0.3) is 12.0 Å². The van der Waals surface area contributed by atoms with Gasteiger partial charge in [-0.2, -0.15) is 5.26 Å². The quantitative estimate of drug-likeness (QED) is 0.135. The summed E-state index contributed by atoms with van der Waals surface area (Å²) < 4.78 is 18.1. The van der Waals surface area contributed by atoms with E-state index in [0.717, 1.165) is 38.5 Å². The van der Waals surface area contributed by atoms with E-state index in [1.165, 1.54) is 38.5 Å². The lowest BCUT2D eigenvalue weighted by Crippen LogP contribution is -2.58. The zero-order valence-electron chi connectivity index (χ0n) is 18.8. The molecule has 27 heavy (non-hydrogen) atoms. The number of nitriles is 1. The molecule has 0 saturated heterocycles. The lowest BCUT2D eigenvalue weighted by Gasteiger charge is -2.47. The average molecular weight is 384 g/mol. The van der Waals surface area contributed by atoms with Crippen molar-refractivity contribution in [3.63, 3.8) is 0 Å². The topological polar surface area (TPSA) is 51.5 Å². The van der Waals surface area contributed by atoms with E-state index in [9.17, 15) is 5.26 Å². The van der Waals surface area contributed by atoms with E-state index in [1.807, 2.05) is 20.1 Å². The molecule has 0 saturated carbocycles. The maximum absolute atomic E-state index is 9.40. The first-order chi connectivity index (χ1) is 13.1. The summed E-state index contributed by atoms with van der Waals surface area (Å²) in [5, 5.41) is 9.40. The van der Waals surface area contributed by atoms with Crippen LogP contribution in [0.2, 0.25) is 0 Å². The van der Waals surface area contributed by atoms with Crippen molar-refractivity contribution in [2.75, 3.05) is 13.2 Å². The molecule has 0 aliphatic carbocycles. The summed E-state index contributed by atoms with van der Waals surface area (Å²) in [7, 11) is 0.